The zero-order valence-electron chi connectivity index (χ0n) is 20.1. The molecule has 30 heavy (non-hydrogen) atoms. The van der Waals surface area contributed by atoms with Crippen molar-refractivity contribution in [3.63, 3.8) is 0 Å². The smallest absolute Gasteiger partial charge is 0.137 e. The quantitative estimate of drug-likeness (QED) is 0.609. The van der Waals surface area contributed by atoms with E-state index in [0.717, 1.165) is 38.5 Å². The first-order valence-electron chi connectivity index (χ1n) is 13.0. The molecule has 2 N–H and O–H groups in total. The summed E-state index contributed by atoms with van der Waals surface area (Å²) in [6.07, 6.45) is 10.0. The summed E-state index contributed by atoms with van der Waals surface area (Å²) in [6.45, 7) is 11.1. The highest BCUT2D eigenvalue weighted by molar-refractivity contribution is 5.83. The molecule has 4 aliphatic carbocycles. The van der Waals surface area contributed by atoms with Crippen LogP contribution in [0.5, 0.6) is 0 Å². The van der Waals surface area contributed by atoms with E-state index in [1.165, 1.54) is 25.7 Å². The second-order valence-electron chi connectivity index (χ2n) is 12.8. The number of ketones is 1. The monoisotopic (exact) mass is 418 g/mol. The van der Waals surface area contributed by atoms with E-state index in [4.69, 9.17) is 0 Å². The van der Waals surface area contributed by atoms with Crippen LogP contribution in [0.4, 0.5) is 0 Å². The van der Waals surface area contributed by atoms with Gasteiger partial charge in [-0.25, -0.2) is 0 Å². The van der Waals surface area contributed by atoms with Crippen LogP contribution in [0.1, 0.15) is 98.8 Å². The van der Waals surface area contributed by atoms with Crippen molar-refractivity contribution in [3.8, 4) is 0 Å². The SMILES string of the molecule is CC(C)CC[C@H](O)[C@@H](C)[C@H]1CC[C@H]2[C@@H]3CC[C@H]4C[C@@](C)(O)CC[C@@H]4[C@H]3C(=O)C[C@]12C. The predicted molar refractivity (Wildman–Crippen MR) is 121 cm³/mol. The highest BCUT2D eigenvalue weighted by atomic mass is 16.3. The number of Topliss-reactive ketones (excluding diaryl/α,β-unsaturated/α-hetero) is 1. The Morgan fingerprint density at radius 3 is 2.43 bits per heavy atom. The predicted octanol–water partition coefficient (Wildman–Crippen LogP) is 5.62. The molecule has 10 atom stereocenters. The average Bonchev–Trinajstić information content (AvgIpc) is 3.00. The van der Waals surface area contributed by atoms with Crippen LogP contribution >= 0.6 is 0 Å². The van der Waals surface area contributed by atoms with Crippen molar-refractivity contribution in [2.45, 2.75) is 111 Å². The number of hydrogen-bond donors (Lipinski definition) is 2. The molecule has 0 amide bonds. The van der Waals surface area contributed by atoms with Gasteiger partial charge in [0.25, 0.3) is 0 Å². The minimum Gasteiger partial charge on any atom is -0.393 e. The molecule has 3 heteroatoms. The third-order valence-corrected chi connectivity index (χ3v) is 10.3. The summed E-state index contributed by atoms with van der Waals surface area (Å²) in [4.78, 5) is 13.6. The second-order valence-corrected chi connectivity index (χ2v) is 12.8. The third-order valence-electron chi connectivity index (χ3n) is 10.3. The van der Waals surface area contributed by atoms with Gasteiger partial charge in [0.05, 0.1) is 11.7 Å². The van der Waals surface area contributed by atoms with E-state index in [0.29, 0.717) is 41.3 Å². The number of aliphatic hydroxyl groups is 2. The van der Waals surface area contributed by atoms with E-state index < -0.39 is 5.60 Å². The summed E-state index contributed by atoms with van der Waals surface area (Å²) < 4.78 is 0. The van der Waals surface area contributed by atoms with Gasteiger partial charge in [0.15, 0.2) is 0 Å². The number of carbonyl (C=O) groups excluding carboxylic acids is 1. The van der Waals surface area contributed by atoms with E-state index >= 15 is 0 Å². The van der Waals surface area contributed by atoms with Crippen LogP contribution < -0.4 is 0 Å². The van der Waals surface area contributed by atoms with Crippen molar-refractivity contribution >= 4 is 5.78 Å². The number of rotatable bonds is 5. The molecular weight excluding hydrogens is 372 g/mol. The lowest BCUT2D eigenvalue weighted by molar-refractivity contribution is -0.153. The van der Waals surface area contributed by atoms with E-state index in [-0.39, 0.29) is 23.4 Å². The van der Waals surface area contributed by atoms with Gasteiger partial charge in [0, 0.05) is 12.3 Å². The maximum atomic E-state index is 13.6. The molecule has 0 aromatic rings. The molecule has 3 nitrogen and oxygen atoms in total. The summed E-state index contributed by atoms with van der Waals surface area (Å²) in [5.41, 5.74) is -0.455. The second kappa shape index (κ2) is 8.18. The van der Waals surface area contributed by atoms with Gasteiger partial charge in [0.2, 0.25) is 0 Å². The van der Waals surface area contributed by atoms with Crippen LogP contribution in [0.25, 0.3) is 0 Å². The lowest BCUT2D eigenvalue weighted by Gasteiger charge is -2.56. The highest BCUT2D eigenvalue weighted by Gasteiger charge is 2.61. The molecule has 4 fully saturated rings. The Labute approximate surface area is 184 Å². The lowest BCUT2D eigenvalue weighted by atomic mass is 9.48. The molecule has 0 aromatic heterocycles. The Morgan fingerprint density at radius 2 is 1.73 bits per heavy atom. The lowest BCUT2D eigenvalue weighted by Crippen LogP contribution is -2.55. The van der Waals surface area contributed by atoms with Gasteiger partial charge < -0.3 is 10.2 Å². The van der Waals surface area contributed by atoms with Gasteiger partial charge in [-0.15, -0.1) is 0 Å². The molecule has 4 rings (SSSR count). The van der Waals surface area contributed by atoms with Crippen LogP contribution in [0.2, 0.25) is 0 Å². The largest absolute Gasteiger partial charge is 0.393 e. The first-order valence-corrected chi connectivity index (χ1v) is 13.0. The molecule has 0 unspecified atom stereocenters. The zero-order valence-corrected chi connectivity index (χ0v) is 20.1. The van der Waals surface area contributed by atoms with E-state index in [1.54, 1.807) is 0 Å². The highest BCUT2D eigenvalue weighted by Crippen LogP contribution is 2.65. The maximum Gasteiger partial charge on any atom is 0.137 e. The fourth-order valence-electron chi connectivity index (χ4n) is 8.80. The van der Waals surface area contributed by atoms with Crippen molar-refractivity contribution in [2.75, 3.05) is 0 Å². The number of aliphatic hydroxyl groups excluding tert-OH is 1. The van der Waals surface area contributed by atoms with Gasteiger partial charge in [-0.3, -0.25) is 4.79 Å². The first kappa shape index (κ1) is 22.8. The number of carbonyl (C=O) groups is 1. The van der Waals surface area contributed by atoms with Gasteiger partial charge in [0.1, 0.15) is 5.78 Å². The molecule has 4 aliphatic rings. The van der Waals surface area contributed by atoms with Crippen molar-refractivity contribution in [1.82, 2.24) is 0 Å². The maximum absolute atomic E-state index is 13.6. The fourth-order valence-corrected chi connectivity index (χ4v) is 8.80. The van der Waals surface area contributed by atoms with Crippen LogP contribution in [0.15, 0.2) is 0 Å². The Morgan fingerprint density at radius 1 is 1.00 bits per heavy atom. The van der Waals surface area contributed by atoms with Gasteiger partial charge in [-0.1, -0.05) is 27.7 Å². The van der Waals surface area contributed by atoms with Crippen LogP contribution in [-0.4, -0.2) is 27.7 Å². The molecule has 0 saturated heterocycles. The van der Waals surface area contributed by atoms with Crippen LogP contribution in [0, 0.1) is 52.8 Å². The van der Waals surface area contributed by atoms with Crippen molar-refractivity contribution < 1.29 is 15.0 Å². The van der Waals surface area contributed by atoms with Gasteiger partial charge >= 0.3 is 0 Å². The minimum atomic E-state index is -0.528. The van der Waals surface area contributed by atoms with Crippen LogP contribution in [0.3, 0.4) is 0 Å². The molecular formula is C27H46O3. The summed E-state index contributed by atoms with van der Waals surface area (Å²) in [5.74, 6) is 4.39. The standard InChI is InChI=1S/C27H46O3/c1-16(2)6-11-23(28)17(3)21-9-10-22-20-8-7-18-14-26(4,30)13-12-19(18)25(20)24(29)15-27(21,22)5/h16-23,25,28,30H,6-15H2,1-5H3/t17-,18-,19-,20-,21+,22-,23-,25+,26-,27+/m0/s1. The molecule has 0 spiro atoms. The molecule has 172 valence electrons. The number of hydrogen-bond acceptors (Lipinski definition) is 3. The number of fused-ring (bicyclic) bond motifs is 5. The summed E-state index contributed by atoms with van der Waals surface area (Å²) in [7, 11) is 0. The van der Waals surface area contributed by atoms with Gasteiger partial charge in [-0.05, 0) is 112 Å². The Kier molecular flexibility index (Phi) is 6.21. The topological polar surface area (TPSA) is 57.5 Å². The summed E-state index contributed by atoms with van der Waals surface area (Å²) in [5, 5.41) is 21.5. The van der Waals surface area contributed by atoms with E-state index in [1.807, 2.05) is 6.92 Å². The molecule has 0 radical (unpaired) electrons. The van der Waals surface area contributed by atoms with Crippen molar-refractivity contribution in [3.05, 3.63) is 0 Å². The molecule has 0 aromatic carbocycles. The first-order chi connectivity index (χ1) is 14.0. The van der Waals surface area contributed by atoms with Crippen LogP contribution in [-0.2, 0) is 4.79 Å². The Bertz CT molecular complexity index is 640. The van der Waals surface area contributed by atoms with Crippen molar-refractivity contribution in [1.29, 1.82) is 0 Å². The fraction of sp³-hybridized carbons (Fsp3) is 0.963. The normalized spacial score (nSPS) is 48.1. The molecule has 0 heterocycles. The van der Waals surface area contributed by atoms with E-state index in [2.05, 4.69) is 27.7 Å². The Hall–Kier alpha value is -0.410. The van der Waals surface area contributed by atoms with E-state index in [9.17, 15) is 15.0 Å². The summed E-state index contributed by atoms with van der Waals surface area (Å²) in [6, 6.07) is 0. The zero-order chi connectivity index (χ0) is 21.8. The van der Waals surface area contributed by atoms with Crippen molar-refractivity contribution in [2.24, 2.45) is 52.8 Å². The third kappa shape index (κ3) is 3.91. The summed E-state index contributed by atoms with van der Waals surface area (Å²) >= 11 is 0. The molecule has 0 aliphatic heterocycles. The Balaban J connectivity index is 1.50. The van der Waals surface area contributed by atoms with Gasteiger partial charge in [-0.2, -0.15) is 0 Å². The average molecular weight is 419 g/mol. The molecule has 4 saturated carbocycles. The minimum absolute atomic E-state index is 0.0729. The molecule has 0 bridgehead atoms.